The molecule has 2 aromatic carbocycles. The van der Waals surface area contributed by atoms with Crippen molar-refractivity contribution in [2.24, 2.45) is 5.73 Å². The molecule has 2 aromatic rings. The number of carbonyl (C=O) groups is 2. The molecule has 0 radical (unpaired) electrons. The maximum absolute atomic E-state index is 12.5. The van der Waals surface area contributed by atoms with Gasteiger partial charge in [0.2, 0.25) is 11.8 Å². The Labute approximate surface area is 159 Å². The van der Waals surface area contributed by atoms with E-state index in [4.69, 9.17) is 5.73 Å². The molecule has 0 saturated carbocycles. The van der Waals surface area contributed by atoms with Crippen LogP contribution in [0, 0.1) is 0 Å². The van der Waals surface area contributed by atoms with E-state index in [0.29, 0.717) is 12.2 Å². The number of nitrogens with one attached hydrogen (secondary N) is 2. The quantitative estimate of drug-likeness (QED) is 0.701. The minimum atomic E-state index is -0.397. The van der Waals surface area contributed by atoms with Crippen molar-refractivity contribution in [2.45, 2.75) is 31.8 Å². The van der Waals surface area contributed by atoms with Gasteiger partial charge in [-0.1, -0.05) is 42.8 Å². The van der Waals surface area contributed by atoms with Crippen molar-refractivity contribution in [2.75, 3.05) is 23.3 Å². The van der Waals surface area contributed by atoms with Crippen LogP contribution in [0.1, 0.15) is 24.8 Å². The zero-order valence-electron chi connectivity index (χ0n) is 15.4. The normalized spacial score (nSPS) is 16.5. The molecule has 0 aromatic heterocycles. The molecule has 1 aliphatic rings. The van der Waals surface area contributed by atoms with E-state index >= 15 is 0 Å². The van der Waals surface area contributed by atoms with Crippen molar-refractivity contribution in [1.82, 2.24) is 5.32 Å². The van der Waals surface area contributed by atoms with E-state index in [0.717, 1.165) is 37.1 Å². The standard InChI is InChI=1S/C21H26N4O2/c22-20(26)15-25(14-16-7-2-1-3-8-16)18-10-6-9-17(13-18)24-21(27)19-11-4-5-12-23-19/h1-3,6-10,13,19,23H,4-5,11-12,14-15H2,(H2,22,26)(H,24,27)/t19-/m1/s1. The fourth-order valence-corrected chi connectivity index (χ4v) is 3.32. The van der Waals surface area contributed by atoms with E-state index in [1.54, 1.807) is 0 Å². The van der Waals surface area contributed by atoms with E-state index in [-0.39, 0.29) is 18.5 Å². The fraction of sp³-hybridized carbons (Fsp3) is 0.333. The highest BCUT2D eigenvalue weighted by molar-refractivity contribution is 5.95. The Hall–Kier alpha value is -2.86. The number of primary amides is 1. The van der Waals surface area contributed by atoms with Gasteiger partial charge in [0.05, 0.1) is 12.6 Å². The number of hydrogen-bond acceptors (Lipinski definition) is 4. The summed E-state index contributed by atoms with van der Waals surface area (Å²) in [5, 5.41) is 6.23. The number of rotatable bonds is 7. The Bertz CT molecular complexity index is 773. The number of anilines is 2. The molecule has 2 amide bonds. The number of nitrogens with zero attached hydrogens (tertiary/aromatic N) is 1. The predicted octanol–water partition coefficient (Wildman–Crippen LogP) is 2.26. The largest absolute Gasteiger partial charge is 0.368 e. The Kier molecular flexibility index (Phi) is 6.44. The summed E-state index contributed by atoms with van der Waals surface area (Å²) < 4.78 is 0. The molecule has 0 aliphatic carbocycles. The SMILES string of the molecule is NC(=O)CN(Cc1ccccc1)c1cccc(NC(=O)[C@H]2CCCCN2)c1. The number of hydrogen-bond donors (Lipinski definition) is 3. The summed E-state index contributed by atoms with van der Waals surface area (Å²) in [4.78, 5) is 25.9. The lowest BCUT2D eigenvalue weighted by atomic mass is 10.0. The first-order valence-electron chi connectivity index (χ1n) is 9.33. The van der Waals surface area contributed by atoms with Gasteiger partial charge in [-0.3, -0.25) is 9.59 Å². The monoisotopic (exact) mass is 366 g/mol. The molecule has 3 rings (SSSR count). The molecule has 1 heterocycles. The van der Waals surface area contributed by atoms with Crippen molar-refractivity contribution in [3.05, 3.63) is 60.2 Å². The summed E-state index contributed by atoms with van der Waals surface area (Å²) in [5.74, 6) is -0.414. The van der Waals surface area contributed by atoms with Crippen LogP contribution in [0.5, 0.6) is 0 Å². The second-order valence-electron chi connectivity index (χ2n) is 6.85. The van der Waals surface area contributed by atoms with E-state index in [9.17, 15) is 9.59 Å². The summed E-state index contributed by atoms with van der Waals surface area (Å²) in [6, 6.07) is 17.3. The third-order valence-electron chi connectivity index (χ3n) is 4.67. The van der Waals surface area contributed by atoms with Crippen LogP contribution in [-0.4, -0.2) is 30.9 Å². The molecular formula is C21H26N4O2. The fourth-order valence-electron chi connectivity index (χ4n) is 3.32. The van der Waals surface area contributed by atoms with Crippen molar-refractivity contribution in [3.8, 4) is 0 Å². The van der Waals surface area contributed by atoms with Crippen molar-refractivity contribution < 1.29 is 9.59 Å². The first-order valence-corrected chi connectivity index (χ1v) is 9.33. The molecular weight excluding hydrogens is 340 g/mol. The van der Waals surface area contributed by atoms with Crippen molar-refractivity contribution >= 4 is 23.2 Å². The third kappa shape index (κ3) is 5.56. The highest BCUT2D eigenvalue weighted by Crippen LogP contribution is 2.22. The Morgan fingerprint density at radius 2 is 1.93 bits per heavy atom. The summed E-state index contributed by atoms with van der Waals surface area (Å²) in [6.07, 6.45) is 3.03. The number of carbonyl (C=O) groups excluding carboxylic acids is 2. The van der Waals surface area contributed by atoms with Gasteiger partial charge in [0, 0.05) is 17.9 Å². The van der Waals surface area contributed by atoms with Gasteiger partial charge in [-0.2, -0.15) is 0 Å². The van der Waals surface area contributed by atoms with E-state index in [2.05, 4.69) is 10.6 Å². The van der Waals surface area contributed by atoms with Crippen LogP contribution in [0.2, 0.25) is 0 Å². The minimum absolute atomic E-state index is 0.0173. The second-order valence-corrected chi connectivity index (χ2v) is 6.85. The van der Waals surface area contributed by atoms with Crippen LogP contribution in [0.3, 0.4) is 0 Å². The summed E-state index contributed by atoms with van der Waals surface area (Å²) in [5.41, 5.74) is 8.08. The molecule has 1 fully saturated rings. The molecule has 4 N–H and O–H groups in total. The molecule has 142 valence electrons. The molecule has 6 nitrogen and oxygen atoms in total. The van der Waals surface area contributed by atoms with Gasteiger partial charge < -0.3 is 21.3 Å². The van der Waals surface area contributed by atoms with Gasteiger partial charge in [-0.25, -0.2) is 0 Å². The molecule has 0 unspecified atom stereocenters. The van der Waals surface area contributed by atoms with Crippen LogP contribution in [0.4, 0.5) is 11.4 Å². The van der Waals surface area contributed by atoms with Gasteiger partial charge in [0.15, 0.2) is 0 Å². The topological polar surface area (TPSA) is 87.5 Å². The van der Waals surface area contributed by atoms with Crippen LogP contribution in [-0.2, 0) is 16.1 Å². The molecule has 1 saturated heterocycles. The number of piperidine rings is 1. The third-order valence-corrected chi connectivity index (χ3v) is 4.67. The van der Waals surface area contributed by atoms with Gasteiger partial charge >= 0.3 is 0 Å². The summed E-state index contributed by atoms with van der Waals surface area (Å²) >= 11 is 0. The van der Waals surface area contributed by atoms with E-state index < -0.39 is 5.91 Å². The molecule has 0 spiro atoms. The van der Waals surface area contributed by atoms with Crippen LogP contribution < -0.4 is 21.3 Å². The summed E-state index contributed by atoms with van der Waals surface area (Å²) in [7, 11) is 0. The lowest BCUT2D eigenvalue weighted by Gasteiger charge is -2.25. The highest BCUT2D eigenvalue weighted by Gasteiger charge is 2.20. The molecule has 1 atom stereocenters. The smallest absolute Gasteiger partial charge is 0.241 e. The first-order chi connectivity index (χ1) is 13.1. The average Bonchev–Trinajstić information content (AvgIpc) is 2.69. The van der Waals surface area contributed by atoms with E-state index in [1.165, 1.54) is 0 Å². The zero-order chi connectivity index (χ0) is 19.1. The minimum Gasteiger partial charge on any atom is -0.368 e. The highest BCUT2D eigenvalue weighted by atomic mass is 16.2. The molecule has 6 heteroatoms. The maximum atomic E-state index is 12.5. The lowest BCUT2D eigenvalue weighted by molar-refractivity contribution is -0.118. The summed E-state index contributed by atoms with van der Waals surface area (Å²) in [6.45, 7) is 1.55. The predicted molar refractivity (Wildman–Crippen MR) is 107 cm³/mol. The Morgan fingerprint density at radius 3 is 2.63 bits per heavy atom. The lowest BCUT2D eigenvalue weighted by Crippen LogP contribution is -2.43. The number of amides is 2. The van der Waals surface area contributed by atoms with Crippen LogP contribution in [0.15, 0.2) is 54.6 Å². The van der Waals surface area contributed by atoms with Crippen LogP contribution >= 0.6 is 0 Å². The maximum Gasteiger partial charge on any atom is 0.241 e. The zero-order valence-corrected chi connectivity index (χ0v) is 15.4. The van der Waals surface area contributed by atoms with Gasteiger partial charge in [-0.05, 0) is 43.1 Å². The molecule has 1 aliphatic heterocycles. The Morgan fingerprint density at radius 1 is 1.11 bits per heavy atom. The average molecular weight is 366 g/mol. The molecule has 27 heavy (non-hydrogen) atoms. The van der Waals surface area contributed by atoms with Crippen molar-refractivity contribution in [3.63, 3.8) is 0 Å². The van der Waals surface area contributed by atoms with Crippen molar-refractivity contribution in [1.29, 1.82) is 0 Å². The second kappa shape index (κ2) is 9.19. The molecule has 0 bridgehead atoms. The first kappa shape index (κ1) is 18.9. The number of nitrogens with two attached hydrogens (primary N) is 1. The van der Waals surface area contributed by atoms with Gasteiger partial charge in [0.25, 0.3) is 0 Å². The van der Waals surface area contributed by atoms with E-state index in [1.807, 2.05) is 59.5 Å². The van der Waals surface area contributed by atoms with Gasteiger partial charge in [-0.15, -0.1) is 0 Å². The number of benzene rings is 2. The van der Waals surface area contributed by atoms with Gasteiger partial charge in [0.1, 0.15) is 0 Å². The van der Waals surface area contributed by atoms with Crippen LogP contribution in [0.25, 0.3) is 0 Å². The Balaban J connectivity index is 1.73.